The molecule has 1 heterocycles. The van der Waals surface area contributed by atoms with E-state index in [0.29, 0.717) is 12.2 Å². The van der Waals surface area contributed by atoms with Crippen LogP contribution in [0.5, 0.6) is 5.75 Å². The summed E-state index contributed by atoms with van der Waals surface area (Å²) in [5, 5.41) is 13.8. The highest BCUT2D eigenvalue weighted by molar-refractivity contribution is 7.88. The number of nitrogens with one attached hydrogen (secondary N) is 1. The van der Waals surface area contributed by atoms with Gasteiger partial charge in [-0.25, -0.2) is 18.1 Å². The number of phenols is 1. The van der Waals surface area contributed by atoms with Crippen molar-refractivity contribution in [2.45, 2.75) is 19.9 Å². The molecule has 1 atom stereocenters. The second-order valence-corrected chi connectivity index (χ2v) is 8.73. The van der Waals surface area contributed by atoms with Gasteiger partial charge in [0.05, 0.1) is 36.4 Å². The van der Waals surface area contributed by atoms with E-state index >= 15 is 0 Å². The summed E-state index contributed by atoms with van der Waals surface area (Å²) in [7, 11) is -3.33. The van der Waals surface area contributed by atoms with E-state index < -0.39 is 16.1 Å². The second-order valence-electron chi connectivity index (χ2n) is 6.95. The third kappa shape index (κ3) is 5.63. The second kappa shape index (κ2) is 9.03. The van der Waals surface area contributed by atoms with Crippen LogP contribution in [0.2, 0.25) is 0 Å². The largest absolute Gasteiger partial charge is 0.508 e. The van der Waals surface area contributed by atoms with Crippen LogP contribution in [0.4, 0.5) is 11.4 Å². The standard InChI is InChI=1S/C22H24N4O3S/c1-17-15-21(27)11-12-22(17)26(20-7-5-4-6-8-20)25-14-13-23-19(16-25)10-9-18(2)24-30(3,28)29/h4-8,11-13,15-16,18,24,27H,14H2,1-3H3. The number of sulfonamides is 1. The van der Waals surface area contributed by atoms with Crippen LogP contribution in [0.25, 0.3) is 0 Å². The average Bonchev–Trinajstić information content (AvgIpc) is 2.68. The molecule has 30 heavy (non-hydrogen) atoms. The molecule has 1 unspecified atom stereocenters. The quantitative estimate of drug-likeness (QED) is 0.721. The summed E-state index contributed by atoms with van der Waals surface area (Å²) in [6, 6.07) is 14.6. The van der Waals surface area contributed by atoms with E-state index in [1.807, 2.05) is 59.5 Å². The lowest BCUT2D eigenvalue weighted by molar-refractivity contribution is 0.430. The molecule has 1 aliphatic heterocycles. The normalized spacial score (nSPS) is 14.5. The number of benzene rings is 2. The summed E-state index contributed by atoms with van der Waals surface area (Å²) in [6.07, 6.45) is 4.67. The minimum absolute atomic E-state index is 0.207. The molecule has 0 fully saturated rings. The number of hydrogen-bond donors (Lipinski definition) is 2. The summed E-state index contributed by atoms with van der Waals surface area (Å²) in [5.41, 5.74) is 3.27. The Kier molecular flexibility index (Phi) is 6.45. The Balaban J connectivity index is 1.95. The third-order valence-electron chi connectivity index (χ3n) is 4.24. The average molecular weight is 425 g/mol. The zero-order valence-corrected chi connectivity index (χ0v) is 17.9. The number of allylic oxidation sites excluding steroid dienone is 1. The van der Waals surface area contributed by atoms with Crippen molar-refractivity contribution in [1.82, 2.24) is 9.73 Å². The highest BCUT2D eigenvalue weighted by Gasteiger charge is 2.19. The smallest absolute Gasteiger partial charge is 0.209 e. The van der Waals surface area contributed by atoms with E-state index in [4.69, 9.17) is 0 Å². The van der Waals surface area contributed by atoms with Gasteiger partial charge in [-0.1, -0.05) is 24.1 Å². The SMILES string of the molecule is Cc1cc(O)ccc1N(c1ccccc1)N1C=C(C#CC(C)NS(C)(=O)=O)N=CC1. The number of aliphatic imine (C=N–C) groups is 1. The first-order valence-electron chi connectivity index (χ1n) is 9.37. The molecule has 0 radical (unpaired) electrons. The fourth-order valence-corrected chi connectivity index (χ4v) is 3.76. The highest BCUT2D eigenvalue weighted by atomic mass is 32.2. The van der Waals surface area contributed by atoms with Crippen molar-refractivity contribution in [2.75, 3.05) is 17.8 Å². The Morgan fingerprint density at radius 3 is 2.63 bits per heavy atom. The van der Waals surface area contributed by atoms with E-state index in [2.05, 4.69) is 21.6 Å². The van der Waals surface area contributed by atoms with Crippen molar-refractivity contribution in [2.24, 2.45) is 4.99 Å². The van der Waals surface area contributed by atoms with Gasteiger partial charge in [-0.05, 0) is 55.7 Å². The Morgan fingerprint density at radius 2 is 1.97 bits per heavy atom. The van der Waals surface area contributed by atoms with Crippen molar-refractivity contribution in [3.05, 3.63) is 66.0 Å². The van der Waals surface area contributed by atoms with Gasteiger partial charge in [-0.3, -0.25) is 10.0 Å². The number of aryl methyl sites for hydroxylation is 1. The van der Waals surface area contributed by atoms with Crippen LogP contribution in [0.3, 0.4) is 0 Å². The monoisotopic (exact) mass is 424 g/mol. The molecule has 0 spiro atoms. The maximum absolute atomic E-state index is 11.3. The molecule has 7 nitrogen and oxygen atoms in total. The van der Waals surface area contributed by atoms with Gasteiger partial charge in [0.15, 0.2) is 0 Å². The van der Waals surface area contributed by atoms with Crippen molar-refractivity contribution in [1.29, 1.82) is 0 Å². The molecular formula is C22H24N4O3S. The number of rotatable bonds is 5. The molecule has 0 saturated heterocycles. The van der Waals surface area contributed by atoms with E-state index in [0.717, 1.165) is 23.2 Å². The van der Waals surface area contributed by atoms with Crippen LogP contribution < -0.4 is 9.73 Å². The van der Waals surface area contributed by atoms with Gasteiger partial charge in [0.25, 0.3) is 0 Å². The first kappa shape index (κ1) is 21.4. The van der Waals surface area contributed by atoms with Crippen LogP contribution in [-0.2, 0) is 10.0 Å². The Labute approximate surface area is 177 Å². The van der Waals surface area contributed by atoms with Gasteiger partial charge >= 0.3 is 0 Å². The molecule has 156 valence electrons. The molecule has 0 saturated carbocycles. The van der Waals surface area contributed by atoms with Gasteiger partial charge in [0, 0.05) is 6.21 Å². The lowest BCUT2D eigenvalue weighted by atomic mass is 10.1. The van der Waals surface area contributed by atoms with E-state index in [9.17, 15) is 13.5 Å². The first-order valence-corrected chi connectivity index (χ1v) is 11.3. The Bertz CT molecular complexity index is 1130. The van der Waals surface area contributed by atoms with Crippen LogP contribution >= 0.6 is 0 Å². The molecule has 0 amide bonds. The lowest BCUT2D eigenvalue weighted by Gasteiger charge is -2.37. The zero-order chi connectivity index (χ0) is 21.7. The molecule has 2 aromatic rings. The molecule has 2 aromatic carbocycles. The van der Waals surface area contributed by atoms with Crippen LogP contribution in [0.15, 0.2) is 65.4 Å². The van der Waals surface area contributed by atoms with Gasteiger partial charge in [-0.2, -0.15) is 0 Å². The van der Waals surface area contributed by atoms with Gasteiger partial charge in [-0.15, -0.1) is 0 Å². The van der Waals surface area contributed by atoms with Crippen LogP contribution in [-0.4, -0.2) is 43.6 Å². The number of aromatic hydroxyl groups is 1. The number of phenolic OH excluding ortho intramolecular Hbond substituents is 1. The van der Waals surface area contributed by atoms with E-state index in [-0.39, 0.29) is 5.75 Å². The first-order chi connectivity index (χ1) is 14.2. The van der Waals surface area contributed by atoms with Gasteiger partial charge < -0.3 is 5.11 Å². The minimum Gasteiger partial charge on any atom is -0.508 e. The maximum atomic E-state index is 11.3. The molecule has 2 N–H and O–H groups in total. The third-order valence-corrected chi connectivity index (χ3v) is 5.03. The van der Waals surface area contributed by atoms with Gasteiger partial charge in [0.2, 0.25) is 10.0 Å². The van der Waals surface area contributed by atoms with Crippen molar-refractivity contribution in [3.63, 3.8) is 0 Å². The molecule has 3 rings (SSSR count). The summed E-state index contributed by atoms with van der Waals surface area (Å²) in [6.45, 7) is 4.14. The Hall–Kier alpha value is -3.28. The van der Waals surface area contributed by atoms with Crippen LogP contribution in [0.1, 0.15) is 12.5 Å². The minimum atomic E-state index is -3.33. The molecular weight excluding hydrogens is 400 g/mol. The van der Waals surface area contributed by atoms with Crippen LogP contribution in [0, 0.1) is 18.8 Å². The zero-order valence-electron chi connectivity index (χ0n) is 17.1. The summed E-state index contributed by atoms with van der Waals surface area (Å²) >= 11 is 0. The van der Waals surface area contributed by atoms with Crippen molar-refractivity contribution in [3.8, 4) is 17.6 Å². The molecule has 1 aliphatic rings. The molecule has 8 heteroatoms. The highest BCUT2D eigenvalue weighted by Crippen LogP contribution is 2.32. The molecule has 0 bridgehead atoms. The molecule has 0 aliphatic carbocycles. The summed E-state index contributed by atoms with van der Waals surface area (Å²) in [4.78, 5) is 4.33. The topological polar surface area (TPSA) is 85.2 Å². The fraction of sp³-hybridized carbons (Fsp3) is 0.227. The number of hydrazine groups is 1. The van der Waals surface area contributed by atoms with E-state index in [1.54, 1.807) is 25.3 Å². The van der Waals surface area contributed by atoms with Crippen molar-refractivity contribution < 1.29 is 13.5 Å². The predicted octanol–water partition coefficient (Wildman–Crippen LogP) is 2.92. The maximum Gasteiger partial charge on any atom is 0.209 e. The van der Waals surface area contributed by atoms with Gasteiger partial charge in [0.1, 0.15) is 11.4 Å². The van der Waals surface area contributed by atoms with Crippen molar-refractivity contribution >= 4 is 27.6 Å². The number of anilines is 2. The van der Waals surface area contributed by atoms with E-state index in [1.165, 1.54) is 0 Å². The fourth-order valence-electron chi connectivity index (χ4n) is 3.06. The lowest BCUT2D eigenvalue weighted by Crippen LogP contribution is -2.38. The number of hydrogen-bond acceptors (Lipinski definition) is 6. The summed E-state index contributed by atoms with van der Waals surface area (Å²) < 4.78 is 25.1. The number of nitrogens with zero attached hydrogens (tertiary/aromatic N) is 3. The summed E-state index contributed by atoms with van der Waals surface area (Å²) in [5.74, 6) is 6.01. The molecule has 0 aromatic heterocycles. The Morgan fingerprint density at radius 1 is 1.23 bits per heavy atom. The number of para-hydroxylation sites is 1. The predicted molar refractivity (Wildman–Crippen MR) is 120 cm³/mol.